The fourth-order valence-electron chi connectivity index (χ4n) is 4.05. The lowest BCUT2D eigenvalue weighted by Crippen LogP contribution is -2.45. The van der Waals surface area contributed by atoms with E-state index in [1.54, 1.807) is 17.4 Å². The van der Waals surface area contributed by atoms with E-state index in [4.69, 9.17) is 14.6 Å². The quantitative estimate of drug-likeness (QED) is 0.558. The minimum atomic E-state index is -0.423. The summed E-state index contributed by atoms with van der Waals surface area (Å²) in [7, 11) is 3.96. The Labute approximate surface area is 178 Å². The zero-order valence-corrected chi connectivity index (χ0v) is 17.9. The van der Waals surface area contributed by atoms with Gasteiger partial charge in [-0.3, -0.25) is 19.5 Å². The maximum Gasteiger partial charge on any atom is 0.312 e. The zero-order chi connectivity index (χ0) is 21.7. The van der Waals surface area contributed by atoms with Gasteiger partial charge in [0.15, 0.2) is 0 Å². The third-order valence-electron chi connectivity index (χ3n) is 5.53. The van der Waals surface area contributed by atoms with Gasteiger partial charge in [0, 0.05) is 37.0 Å². The smallest absolute Gasteiger partial charge is 0.312 e. The van der Waals surface area contributed by atoms with E-state index in [9.17, 15) is 9.59 Å². The van der Waals surface area contributed by atoms with Crippen molar-refractivity contribution in [3.05, 3.63) is 28.6 Å². The van der Waals surface area contributed by atoms with E-state index in [2.05, 4.69) is 10.2 Å². The number of carbonyl (C=O) groups is 3. The van der Waals surface area contributed by atoms with E-state index >= 15 is 0 Å². The molecule has 10 heteroatoms. The number of nitrogens with zero attached hydrogens (tertiary/aromatic N) is 3. The zero-order valence-electron chi connectivity index (χ0n) is 17.0. The monoisotopic (exact) mass is 434 g/mol. The van der Waals surface area contributed by atoms with E-state index < -0.39 is 5.41 Å². The molecule has 2 aromatic heterocycles. The van der Waals surface area contributed by atoms with Crippen molar-refractivity contribution in [3.63, 3.8) is 0 Å². The van der Waals surface area contributed by atoms with Gasteiger partial charge in [0.25, 0.3) is 12.4 Å². The molecule has 0 bridgehead atoms. The molecule has 0 radical (unpaired) electrons. The Bertz CT molecular complexity index is 872. The molecule has 1 atom stereocenters. The summed E-state index contributed by atoms with van der Waals surface area (Å²) in [6, 6.07) is 3.78. The largest absolute Gasteiger partial charge is 0.483 e. The van der Waals surface area contributed by atoms with Crippen molar-refractivity contribution in [3.8, 4) is 11.3 Å². The van der Waals surface area contributed by atoms with Crippen molar-refractivity contribution >= 4 is 29.7 Å². The number of ether oxygens (including phenoxy) is 1. The van der Waals surface area contributed by atoms with Crippen LogP contribution in [-0.2, 0) is 14.3 Å². The molecule has 4 heterocycles. The van der Waals surface area contributed by atoms with Gasteiger partial charge < -0.3 is 19.6 Å². The minimum Gasteiger partial charge on any atom is -0.483 e. The summed E-state index contributed by atoms with van der Waals surface area (Å²) in [6.07, 6.45) is 2.02. The van der Waals surface area contributed by atoms with E-state index in [1.165, 1.54) is 0 Å². The van der Waals surface area contributed by atoms with Gasteiger partial charge in [-0.05, 0) is 44.4 Å². The van der Waals surface area contributed by atoms with Gasteiger partial charge in [-0.2, -0.15) is 16.4 Å². The lowest BCUT2D eigenvalue weighted by molar-refractivity contribution is -0.150. The number of carboxylic acid groups (broad SMARTS) is 1. The molecular formula is C20H26N4O5S. The molecule has 2 aromatic rings. The van der Waals surface area contributed by atoms with Crippen LogP contribution < -0.4 is 0 Å². The molecule has 2 aliphatic rings. The van der Waals surface area contributed by atoms with Crippen LogP contribution in [0.2, 0.25) is 0 Å². The highest BCUT2D eigenvalue weighted by Crippen LogP contribution is 2.43. The third-order valence-corrected chi connectivity index (χ3v) is 6.21. The minimum absolute atomic E-state index is 0.0458. The van der Waals surface area contributed by atoms with Crippen LogP contribution >= 0.6 is 11.3 Å². The topological polar surface area (TPSA) is 116 Å². The number of aromatic nitrogens is 2. The van der Waals surface area contributed by atoms with E-state index in [0.29, 0.717) is 31.6 Å². The van der Waals surface area contributed by atoms with Crippen LogP contribution in [0.3, 0.4) is 0 Å². The molecule has 2 N–H and O–H groups in total. The number of nitrogens with one attached hydrogen (secondary N) is 1. The number of amides is 1. The molecular weight excluding hydrogens is 408 g/mol. The molecule has 0 saturated carbocycles. The average Bonchev–Trinajstić information content (AvgIpc) is 3.44. The van der Waals surface area contributed by atoms with Gasteiger partial charge in [0.1, 0.15) is 11.8 Å². The van der Waals surface area contributed by atoms with Crippen LogP contribution in [0.1, 0.15) is 29.8 Å². The highest BCUT2D eigenvalue weighted by atomic mass is 32.1. The molecule has 1 unspecified atom stereocenters. The normalized spacial score (nSPS) is 20.0. The molecule has 2 aliphatic heterocycles. The van der Waals surface area contributed by atoms with Gasteiger partial charge >= 0.3 is 5.97 Å². The highest BCUT2D eigenvalue weighted by Gasteiger charge is 2.50. The Morgan fingerprint density at radius 2 is 2.17 bits per heavy atom. The van der Waals surface area contributed by atoms with Crippen LogP contribution in [-0.4, -0.2) is 83.3 Å². The van der Waals surface area contributed by atoms with E-state index in [1.807, 2.05) is 40.7 Å². The lowest BCUT2D eigenvalue weighted by atomic mass is 9.76. The van der Waals surface area contributed by atoms with Crippen LogP contribution in [0, 0.1) is 5.41 Å². The molecule has 2 saturated heterocycles. The van der Waals surface area contributed by atoms with Crippen molar-refractivity contribution in [2.45, 2.75) is 25.4 Å². The number of aromatic amines is 1. The number of hydrogen-bond donors (Lipinski definition) is 2. The highest BCUT2D eigenvalue weighted by molar-refractivity contribution is 7.08. The maximum absolute atomic E-state index is 12.8. The molecule has 9 nitrogen and oxygen atoms in total. The van der Waals surface area contributed by atoms with Crippen molar-refractivity contribution in [2.24, 2.45) is 5.41 Å². The number of rotatable bonds is 4. The first-order chi connectivity index (χ1) is 14.4. The van der Waals surface area contributed by atoms with Crippen LogP contribution in [0.4, 0.5) is 0 Å². The first-order valence-corrected chi connectivity index (χ1v) is 10.6. The predicted octanol–water partition coefficient (Wildman–Crippen LogP) is 1.94. The molecule has 1 amide bonds. The second-order valence-electron chi connectivity index (χ2n) is 7.85. The Hall–Kier alpha value is -2.72. The third kappa shape index (κ3) is 4.71. The molecule has 0 aromatic carbocycles. The van der Waals surface area contributed by atoms with Gasteiger partial charge in [0.2, 0.25) is 0 Å². The number of likely N-dealkylation sites (N-methyl/N-ethyl adjacent to an activating group) is 1. The number of H-pyrrole nitrogens is 1. The lowest BCUT2D eigenvalue weighted by Gasteiger charge is -2.36. The Balaban J connectivity index is 0.000000806. The standard InChI is InChI=1S/C19H24N4O3S.CH2O2/c1-22(2)11-14-10-19(18(25)26-14)4-6-23(7-5-19)17(24)16-9-15(20-21-16)13-3-8-27-12-13;2-1-3/h3,8-9,12,14H,4-7,10-11H2,1-2H3,(H,20,21);1H,(H,2,3). The number of esters is 1. The summed E-state index contributed by atoms with van der Waals surface area (Å²) in [5, 5.41) is 18.0. The molecule has 2 fully saturated rings. The number of thiophene rings is 1. The summed E-state index contributed by atoms with van der Waals surface area (Å²) in [6.45, 7) is 1.63. The second kappa shape index (κ2) is 9.40. The van der Waals surface area contributed by atoms with E-state index in [-0.39, 0.29) is 24.5 Å². The summed E-state index contributed by atoms with van der Waals surface area (Å²) < 4.78 is 5.59. The van der Waals surface area contributed by atoms with Crippen molar-refractivity contribution < 1.29 is 24.2 Å². The number of carbonyl (C=O) groups excluding carboxylic acids is 2. The fraction of sp³-hybridized carbons (Fsp3) is 0.500. The Morgan fingerprint density at radius 1 is 1.47 bits per heavy atom. The first kappa shape index (κ1) is 22.0. The van der Waals surface area contributed by atoms with Gasteiger partial charge in [-0.1, -0.05) is 0 Å². The SMILES string of the molecule is CN(C)CC1CC2(CCN(C(=O)c3cc(-c4ccsc4)n[nH]3)CC2)C(=O)O1.O=CO. The molecule has 162 valence electrons. The fourth-order valence-corrected chi connectivity index (χ4v) is 4.70. The van der Waals surface area contributed by atoms with Gasteiger partial charge in [-0.25, -0.2) is 0 Å². The molecule has 1 spiro atoms. The predicted molar refractivity (Wildman–Crippen MR) is 111 cm³/mol. The van der Waals surface area contributed by atoms with Crippen molar-refractivity contribution in [2.75, 3.05) is 33.7 Å². The van der Waals surface area contributed by atoms with Crippen molar-refractivity contribution in [1.82, 2.24) is 20.0 Å². The molecule has 0 aliphatic carbocycles. The van der Waals surface area contributed by atoms with Crippen LogP contribution in [0.25, 0.3) is 11.3 Å². The average molecular weight is 435 g/mol. The van der Waals surface area contributed by atoms with Crippen LogP contribution in [0.5, 0.6) is 0 Å². The van der Waals surface area contributed by atoms with E-state index in [0.717, 1.165) is 24.2 Å². The van der Waals surface area contributed by atoms with Gasteiger partial charge in [-0.15, -0.1) is 0 Å². The summed E-state index contributed by atoms with van der Waals surface area (Å²) in [5.41, 5.74) is 1.85. The molecule has 30 heavy (non-hydrogen) atoms. The number of piperidine rings is 1. The number of likely N-dealkylation sites (tertiary alicyclic amines) is 1. The summed E-state index contributed by atoms with van der Waals surface area (Å²) >= 11 is 1.60. The summed E-state index contributed by atoms with van der Waals surface area (Å²) in [4.78, 5) is 37.5. The van der Waals surface area contributed by atoms with Crippen LogP contribution in [0.15, 0.2) is 22.9 Å². The van der Waals surface area contributed by atoms with Crippen molar-refractivity contribution in [1.29, 1.82) is 0 Å². The number of cyclic esters (lactones) is 1. The maximum atomic E-state index is 12.8. The second-order valence-corrected chi connectivity index (χ2v) is 8.63. The Morgan fingerprint density at radius 3 is 2.77 bits per heavy atom. The first-order valence-electron chi connectivity index (χ1n) is 9.69. The summed E-state index contributed by atoms with van der Waals surface area (Å²) in [5.74, 6) is -0.155. The number of hydrogen-bond acceptors (Lipinski definition) is 7. The Kier molecular flexibility index (Phi) is 6.88. The van der Waals surface area contributed by atoms with Gasteiger partial charge in [0.05, 0.1) is 11.1 Å². The molecule has 4 rings (SSSR count).